The average molecular weight is 483 g/mol. The molecule has 1 aromatic heterocycles. The molecule has 21 heavy (non-hydrogen) atoms. The molecule has 2 rings (SSSR count). The quantitative estimate of drug-likeness (QED) is 0.636. The number of hydrogen-bond donors (Lipinski definition) is 1. The largest absolute Gasteiger partial charge is 0.313 e. The summed E-state index contributed by atoms with van der Waals surface area (Å²) in [6.07, 6.45) is 1.66. The van der Waals surface area contributed by atoms with Crippen LogP contribution in [0, 0.1) is 3.57 Å². The van der Waals surface area contributed by atoms with E-state index in [4.69, 9.17) is 11.6 Å². The van der Waals surface area contributed by atoms with Gasteiger partial charge in [-0.3, -0.25) is 4.68 Å². The van der Waals surface area contributed by atoms with E-state index < -0.39 is 0 Å². The summed E-state index contributed by atoms with van der Waals surface area (Å²) in [6.45, 7) is 2.07. The normalized spacial score (nSPS) is 12.7. The van der Waals surface area contributed by atoms with Gasteiger partial charge in [-0.15, -0.1) is 0 Å². The molecular formula is C15H18BrClIN3. The molecule has 0 radical (unpaired) electrons. The van der Waals surface area contributed by atoms with Crippen LogP contribution in [0.5, 0.6) is 0 Å². The van der Waals surface area contributed by atoms with Crippen LogP contribution in [-0.2, 0) is 19.9 Å². The van der Waals surface area contributed by atoms with Gasteiger partial charge in [-0.05, 0) is 59.8 Å². The third kappa shape index (κ3) is 3.81. The molecule has 0 aliphatic carbocycles. The van der Waals surface area contributed by atoms with Crippen molar-refractivity contribution >= 4 is 50.1 Å². The van der Waals surface area contributed by atoms with Crippen molar-refractivity contribution in [2.24, 2.45) is 7.05 Å². The Bertz CT molecular complexity index is 642. The standard InChI is InChI=1S/C15H18BrClIN3/c1-4-12-15(17)14(21(3)20-12)8-13(19-2)10-7-9(16)5-6-11(10)18/h5-7,13,19H,4,8H2,1-3H3. The summed E-state index contributed by atoms with van der Waals surface area (Å²) in [4.78, 5) is 0. The second-order valence-corrected chi connectivity index (χ2v) is 7.35. The molecular weight excluding hydrogens is 464 g/mol. The van der Waals surface area contributed by atoms with Gasteiger partial charge in [0.1, 0.15) is 0 Å². The van der Waals surface area contributed by atoms with E-state index >= 15 is 0 Å². The van der Waals surface area contributed by atoms with Crippen LogP contribution in [0.1, 0.15) is 29.9 Å². The molecule has 6 heteroatoms. The maximum atomic E-state index is 6.47. The minimum atomic E-state index is 0.201. The molecule has 1 unspecified atom stereocenters. The third-order valence-corrected chi connectivity index (χ3v) is 5.49. The van der Waals surface area contributed by atoms with E-state index in [1.165, 1.54) is 9.13 Å². The lowest BCUT2D eigenvalue weighted by molar-refractivity contribution is 0.559. The van der Waals surface area contributed by atoms with Crippen LogP contribution in [0.15, 0.2) is 22.7 Å². The lowest BCUT2D eigenvalue weighted by Crippen LogP contribution is -2.21. The Morgan fingerprint density at radius 3 is 2.76 bits per heavy atom. The topological polar surface area (TPSA) is 29.9 Å². The number of halogens is 3. The van der Waals surface area contributed by atoms with Crippen molar-refractivity contribution in [2.45, 2.75) is 25.8 Å². The highest BCUT2D eigenvalue weighted by Gasteiger charge is 2.20. The summed E-state index contributed by atoms with van der Waals surface area (Å²) in [7, 11) is 3.94. The van der Waals surface area contributed by atoms with E-state index in [2.05, 4.69) is 74.1 Å². The van der Waals surface area contributed by atoms with Crippen LogP contribution in [0.4, 0.5) is 0 Å². The number of nitrogens with one attached hydrogen (secondary N) is 1. The highest BCUT2D eigenvalue weighted by atomic mass is 127. The Morgan fingerprint density at radius 2 is 2.19 bits per heavy atom. The van der Waals surface area contributed by atoms with Crippen LogP contribution < -0.4 is 5.32 Å². The van der Waals surface area contributed by atoms with Gasteiger partial charge in [-0.1, -0.05) is 34.5 Å². The highest BCUT2D eigenvalue weighted by Crippen LogP contribution is 2.29. The van der Waals surface area contributed by atoms with Crippen LogP contribution >= 0.6 is 50.1 Å². The number of benzene rings is 1. The molecule has 1 aromatic carbocycles. The zero-order valence-electron chi connectivity index (χ0n) is 12.3. The number of hydrogen-bond acceptors (Lipinski definition) is 2. The van der Waals surface area contributed by atoms with Gasteiger partial charge in [0, 0.05) is 27.6 Å². The van der Waals surface area contributed by atoms with E-state index in [0.29, 0.717) is 0 Å². The van der Waals surface area contributed by atoms with Gasteiger partial charge in [0.15, 0.2) is 0 Å². The molecule has 1 heterocycles. The minimum Gasteiger partial charge on any atom is -0.313 e. The number of aromatic nitrogens is 2. The maximum absolute atomic E-state index is 6.47. The molecule has 0 aliphatic rings. The maximum Gasteiger partial charge on any atom is 0.0850 e. The SMILES string of the molecule is CCc1nn(C)c(CC(NC)c2cc(Br)ccc2I)c1Cl. The number of rotatable bonds is 5. The fourth-order valence-electron chi connectivity index (χ4n) is 2.38. The molecule has 1 atom stereocenters. The summed E-state index contributed by atoms with van der Waals surface area (Å²) in [5.41, 5.74) is 3.30. The number of nitrogens with zero attached hydrogens (tertiary/aromatic N) is 2. The summed E-state index contributed by atoms with van der Waals surface area (Å²) in [5.74, 6) is 0. The Kier molecular flexibility index (Phi) is 6.11. The van der Waals surface area contributed by atoms with Gasteiger partial charge in [0.25, 0.3) is 0 Å². The molecule has 0 spiro atoms. The molecule has 3 nitrogen and oxygen atoms in total. The van der Waals surface area contributed by atoms with Gasteiger partial charge in [0.2, 0.25) is 0 Å². The zero-order valence-corrected chi connectivity index (χ0v) is 16.8. The predicted molar refractivity (Wildman–Crippen MR) is 100.0 cm³/mol. The fourth-order valence-corrected chi connectivity index (χ4v) is 3.85. The zero-order chi connectivity index (χ0) is 15.6. The van der Waals surface area contributed by atoms with Crippen LogP contribution in [0.3, 0.4) is 0 Å². The highest BCUT2D eigenvalue weighted by molar-refractivity contribution is 14.1. The summed E-state index contributed by atoms with van der Waals surface area (Å²) >= 11 is 12.4. The van der Waals surface area contributed by atoms with Gasteiger partial charge in [-0.2, -0.15) is 5.10 Å². The Balaban J connectivity index is 2.36. The Hall–Kier alpha value is -0.110. The monoisotopic (exact) mass is 481 g/mol. The van der Waals surface area contributed by atoms with Crippen molar-refractivity contribution < 1.29 is 0 Å². The second kappa shape index (κ2) is 7.44. The lowest BCUT2D eigenvalue weighted by Gasteiger charge is -2.19. The molecule has 0 aliphatic heterocycles. The molecule has 114 valence electrons. The molecule has 2 aromatic rings. The Labute approximate surface area is 152 Å². The van der Waals surface area contributed by atoms with E-state index in [1.807, 2.05) is 18.8 Å². The smallest absolute Gasteiger partial charge is 0.0850 e. The molecule has 1 N–H and O–H groups in total. The first-order valence-electron chi connectivity index (χ1n) is 6.80. The molecule has 0 saturated carbocycles. The van der Waals surface area contributed by atoms with Crippen molar-refractivity contribution in [3.63, 3.8) is 0 Å². The van der Waals surface area contributed by atoms with Crippen molar-refractivity contribution in [1.82, 2.24) is 15.1 Å². The third-order valence-electron chi connectivity index (χ3n) is 3.58. The predicted octanol–water partition coefficient (Wildman–Crippen LogP) is 4.51. The first kappa shape index (κ1) is 17.2. The van der Waals surface area contributed by atoms with Crippen LogP contribution in [0.25, 0.3) is 0 Å². The number of aryl methyl sites for hydroxylation is 2. The first-order valence-corrected chi connectivity index (χ1v) is 9.05. The summed E-state index contributed by atoms with van der Waals surface area (Å²) in [5, 5.41) is 8.68. The van der Waals surface area contributed by atoms with Gasteiger partial charge < -0.3 is 5.32 Å². The van der Waals surface area contributed by atoms with E-state index in [-0.39, 0.29) is 6.04 Å². The van der Waals surface area contributed by atoms with E-state index in [0.717, 1.165) is 33.7 Å². The van der Waals surface area contributed by atoms with Crippen molar-refractivity contribution in [2.75, 3.05) is 7.05 Å². The van der Waals surface area contributed by atoms with Crippen molar-refractivity contribution in [3.8, 4) is 0 Å². The first-order chi connectivity index (χ1) is 9.97. The molecule has 0 bridgehead atoms. The lowest BCUT2D eigenvalue weighted by atomic mass is 10.0. The van der Waals surface area contributed by atoms with Crippen molar-refractivity contribution in [3.05, 3.63) is 48.2 Å². The Morgan fingerprint density at radius 1 is 1.48 bits per heavy atom. The summed E-state index contributed by atoms with van der Waals surface area (Å²) < 4.78 is 4.23. The van der Waals surface area contributed by atoms with Crippen LogP contribution in [0.2, 0.25) is 5.02 Å². The molecule has 0 saturated heterocycles. The minimum absolute atomic E-state index is 0.201. The van der Waals surface area contributed by atoms with E-state index in [1.54, 1.807) is 0 Å². The van der Waals surface area contributed by atoms with Crippen molar-refractivity contribution in [1.29, 1.82) is 0 Å². The van der Waals surface area contributed by atoms with E-state index in [9.17, 15) is 0 Å². The fraction of sp³-hybridized carbons (Fsp3) is 0.400. The molecule has 0 amide bonds. The number of likely N-dealkylation sites (N-methyl/N-ethyl adjacent to an activating group) is 1. The van der Waals surface area contributed by atoms with Gasteiger partial charge >= 0.3 is 0 Å². The molecule has 0 fully saturated rings. The van der Waals surface area contributed by atoms with Gasteiger partial charge in [0.05, 0.1) is 16.4 Å². The van der Waals surface area contributed by atoms with Gasteiger partial charge in [-0.25, -0.2) is 0 Å². The average Bonchev–Trinajstić information content (AvgIpc) is 2.74. The summed E-state index contributed by atoms with van der Waals surface area (Å²) in [6, 6.07) is 6.54. The second-order valence-electron chi connectivity index (χ2n) is 4.90. The van der Waals surface area contributed by atoms with Crippen LogP contribution in [-0.4, -0.2) is 16.8 Å².